The van der Waals surface area contributed by atoms with Gasteiger partial charge in [0.2, 0.25) is 0 Å². The Morgan fingerprint density at radius 1 is 1.45 bits per heavy atom. The topological polar surface area (TPSA) is 62.2 Å². The number of aliphatic hydroxyl groups excluding tert-OH is 1. The van der Waals surface area contributed by atoms with E-state index in [9.17, 15) is 4.79 Å². The molecule has 0 unspecified atom stereocenters. The number of hydrogen-bond acceptors (Lipinski definition) is 4. The molecular weight excluding hydrogens is 272 g/mol. The summed E-state index contributed by atoms with van der Waals surface area (Å²) >= 11 is 1.53. The van der Waals surface area contributed by atoms with Gasteiger partial charge in [-0.25, -0.2) is 0 Å². The molecule has 20 heavy (non-hydrogen) atoms. The van der Waals surface area contributed by atoms with Gasteiger partial charge in [0, 0.05) is 22.3 Å². The zero-order valence-corrected chi connectivity index (χ0v) is 11.8. The van der Waals surface area contributed by atoms with Gasteiger partial charge in [0.15, 0.2) is 0 Å². The van der Waals surface area contributed by atoms with Crippen LogP contribution in [0.15, 0.2) is 29.8 Å². The maximum atomic E-state index is 12.0. The highest BCUT2D eigenvalue weighted by molar-refractivity contribution is 7.10. The smallest absolute Gasteiger partial charge is 0.253 e. The number of nitrogens with one attached hydrogen (secondary N) is 1. The summed E-state index contributed by atoms with van der Waals surface area (Å²) in [5.74, 6) is 5.31. The van der Waals surface area contributed by atoms with Crippen molar-refractivity contribution in [2.24, 2.45) is 0 Å². The van der Waals surface area contributed by atoms with E-state index in [-0.39, 0.29) is 12.5 Å². The average molecular weight is 286 g/mol. The summed E-state index contributed by atoms with van der Waals surface area (Å²) in [6, 6.07) is 5.43. The number of carbonyl (C=O) groups excluding carboxylic acids is 1. The standard InChI is InChI=1S/C15H14N2O2S/c1-11-4-5-13(9-16-11)15(19)17-10-14-12(3-2-7-18)6-8-20-14/h4-6,8-9,18H,7,10H2,1H3,(H,17,19). The molecule has 0 saturated carbocycles. The number of rotatable bonds is 3. The van der Waals surface area contributed by atoms with Crippen molar-refractivity contribution in [2.75, 3.05) is 6.61 Å². The van der Waals surface area contributed by atoms with Crippen LogP contribution in [0, 0.1) is 18.8 Å². The molecule has 102 valence electrons. The number of aliphatic hydroxyl groups is 1. The molecule has 2 rings (SSSR count). The highest BCUT2D eigenvalue weighted by atomic mass is 32.1. The molecule has 0 saturated heterocycles. The average Bonchev–Trinajstić information content (AvgIpc) is 2.90. The largest absolute Gasteiger partial charge is 0.384 e. The van der Waals surface area contributed by atoms with Crippen LogP contribution in [0.3, 0.4) is 0 Å². The second-order valence-corrected chi connectivity index (χ2v) is 5.09. The van der Waals surface area contributed by atoms with Crippen molar-refractivity contribution in [1.29, 1.82) is 0 Å². The number of thiophene rings is 1. The first-order valence-electron chi connectivity index (χ1n) is 6.07. The second kappa shape index (κ2) is 6.85. The van der Waals surface area contributed by atoms with Crippen LogP contribution >= 0.6 is 11.3 Å². The number of nitrogens with zero attached hydrogens (tertiary/aromatic N) is 1. The highest BCUT2D eigenvalue weighted by Gasteiger charge is 2.07. The Morgan fingerprint density at radius 3 is 3.00 bits per heavy atom. The van der Waals surface area contributed by atoms with E-state index >= 15 is 0 Å². The first-order valence-corrected chi connectivity index (χ1v) is 6.95. The maximum Gasteiger partial charge on any atom is 0.253 e. The van der Waals surface area contributed by atoms with Gasteiger partial charge >= 0.3 is 0 Å². The lowest BCUT2D eigenvalue weighted by molar-refractivity contribution is 0.0951. The van der Waals surface area contributed by atoms with Gasteiger partial charge in [-0.2, -0.15) is 0 Å². The number of aromatic nitrogens is 1. The number of aryl methyl sites for hydroxylation is 1. The van der Waals surface area contributed by atoms with Gasteiger partial charge < -0.3 is 10.4 Å². The number of carbonyl (C=O) groups is 1. The van der Waals surface area contributed by atoms with Gasteiger partial charge in [0.05, 0.1) is 12.1 Å². The van der Waals surface area contributed by atoms with Crippen LogP contribution in [-0.2, 0) is 6.54 Å². The minimum Gasteiger partial charge on any atom is -0.384 e. The third kappa shape index (κ3) is 3.67. The predicted octanol–water partition coefficient (Wildman–Crippen LogP) is 1.73. The van der Waals surface area contributed by atoms with E-state index < -0.39 is 0 Å². The van der Waals surface area contributed by atoms with Gasteiger partial charge in [0.25, 0.3) is 5.91 Å². The highest BCUT2D eigenvalue weighted by Crippen LogP contribution is 2.15. The van der Waals surface area contributed by atoms with Crippen LogP contribution in [0.5, 0.6) is 0 Å². The van der Waals surface area contributed by atoms with Crippen LogP contribution in [0.4, 0.5) is 0 Å². The molecule has 0 spiro atoms. The van der Waals surface area contributed by atoms with E-state index in [0.717, 1.165) is 16.1 Å². The molecule has 2 N–H and O–H groups in total. The number of pyridine rings is 1. The molecule has 0 aliphatic rings. The minimum atomic E-state index is -0.170. The lowest BCUT2D eigenvalue weighted by Gasteiger charge is -2.04. The fraction of sp³-hybridized carbons (Fsp3) is 0.200. The fourth-order valence-electron chi connectivity index (χ4n) is 1.59. The van der Waals surface area contributed by atoms with Crippen LogP contribution in [0.25, 0.3) is 0 Å². The van der Waals surface area contributed by atoms with Crippen molar-refractivity contribution < 1.29 is 9.90 Å². The molecule has 0 atom stereocenters. The Balaban J connectivity index is 2.00. The Morgan fingerprint density at radius 2 is 2.30 bits per heavy atom. The predicted molar refractivity (Wildman–Crippen MR) is 78.4 cm³/mol. The van der Waals surface area contributed by atoms with E-state index in [1.165, 1.54) is 11.3 Å². The summed E-state index contributed by atoms with van der Waals surface area (Å²) in [6.45, 7) is 2.12. The van der Waals surface area contributed by atoms with Gasteiger partial charge in [-0.1, -0.05) is 11.8 Å². The molecule has 2 aromatic heterocycles. The van der Waals surface area contributed by atoms with E-state index in [0.29, 0.717) is 12.1 Å². The Kier molecular flexibility index (Phi) is 4.88. The molecule has 0 aliphatic heterocycles. The van der Waals surface area contributed by atoms with Gasteiger partial charge in [-0.05, 0) is 30.5 Å². The zero-order chi connectivity index (χ0) is 14.4. The monoisotopic (exact) mass is 286 g/mol. The molecule has 0 aromatic carbocycles. The molecule has 0 radical (unpaired) electrons. The van der Waals surface area contributed by atoms with Crippen molar-refractivity contribution >= 4 is 17.2 Å². The van der Waals surface area contributed by atoms with E-state index in [1.807, 2.05) is 18.4 Å². The minimum absolute atomic E-state index is 0.160. The number of amides is 1. The Hall–Kier alpha value is -2.16. The third-order valence-corrected chi connectivity index (χ3v) is 3.55. The van der Waals surface area contributed by atoms with Gasteiger partial charge in [0.1, 0.15) is 6.61 Å². The van der Waals surface area contributed by atoms with Crippen LogP contribution in [0.2, 0.25) is 0 Å². The molecular formula is C15H14N2O2S. The van der Waals surface area contributed by atoms with Gasteiger partial charge in [-0.15, -0.1) is 11.3 Å². The molecule has 5 heteroatoms. The van der Waals surface area contributed by atoms with Crippen LogP contribution in [-0.4, -0.2) is 22.6 Å². The second-order valence-electron chi connectivity index (χ2n) is 4.09. The van der Waals surface area contributed by atoms with E-state index in [1.54, 1.807) is 18.3 Å². The summed E-state index contributed by atoms with van der Waals surface area (Å²) in [4.78, 5) is 17.0. The first kappa shape index (κ1) is 14.3. The van der Waals surface area contributed by atoms with Crippen molar-refractivity contribution in [2.45, 2.75) is 13.5 Å². The molecule has 1 amide bonds. The number of hydrogen-bond donors (Lipinski definition) is 2. The summed E-state index contributed by atoms with van der Waals surface area (Å²) in [6.07, 6.45) is 1.56. The van der Waals surface area contributed by atoms with Crippen molar-refractivity contribution in [3.8, 4) is 11.8 Å². The zero-order valence-electron chi connectivity index (χ0n) is 11.0. The van der Waals surface area contributed by atoms with Crippen molar-refractivity contribution in [3.05, 3.63) is 51.5 Å². The molecule has 0 aliphatic carbocycles. The maximum absolute atomic E-state index is 12.0. The SMILES string of the molecule is Cc1ccc(C(=O)NCc2sccc2C#CCO)cn1. The Bertz CT molecular complexity index is 651. The fourth-order valence-corrected chi connectivity index (χ4v) is 2.36. The molecule has 2 aromatic rings. The summed E-state index contributed by atoms with van der Waals surface area (Å²) in [7, 11) is 0. The molecule has 2 heterocycles. The molecule has 0 bridgehead atoms. The quantitative estimate of drug-likeness (QED) is 0.845. The molecule has 4 nitrogen and oxygen atoms in total. The lowest BCUT2D eigenvalue weighted by Crippen LogP contribution is -2.22. The van der Waals surface area contributed by atoms with E-state index in [2.05, 4.69) is 22.1 Å². The first-order chi connectivity index (χ1) is 9.70. The summed E-state index contributed by atoms with van der Waals surface area (Å²) in [5.41, 5.74) is 2.25. The third-order valence-electron chi connectivity index (χ3n) is 2.63. The van der Waals surface area contributed by atoms with Crippen LogP contribution < -0.4 is 5.32 Å². The van der Waals surface area contributed by atoms with Crippen LogP contribution in [0.1, 0.15) is 26.5 Å². The van der Waals surface area contributed by atoms with Gasteiger partial charge in [-0.3, -0.25) is 9.78 Å². The Labute approximate surface area is 121 Å². The molecule has 0 fully saturated rings. The van der Waals surface area contributed by atoms with E-state index in [4.69, 9.17) is 5.11 Å². The van der Waals surface area contributed by atoms with Crippen molar-refractivity contribution in [1.82, 2.24) is 10.3 Å². The normalized spacial score (nSPS) is 9.70. The summed E-state index contributed by atoms with van der Waals surface area (Å²) in [5, 5.41) is 13.5. The van der Waals surface area contributed by atoms with Crippen molar-refractivity contribution in [3.63, 3.8) is 0 Å². The summed E-state index contributed by atoms with van der Waals surface area (Å²) < 4.78 is 0. The lowest BCUT2D eigenvalue weighted by atomic mass is 10.2.